The Morgan fingerprint density at radius 1 is 1.08 bits per heavy atom. The molecule has 0 rings (SSSR count). The molecule has 0 saturated carbocycles. The maximum absolute atomic E-state index is 8.64. The summed E-state index contributed by atoms with van der Waals surface area (Å²) in [7, 11) is 0. The van der Waals surface area contributed by atoms with Gasteiger partial charge >= 0.3 is 0 Å². The molecule has 0 aliphatic carbocycles. The number of nitrogens with zero attached hydrogens (tertiary/aromatic N) is 3. The maximum Gasteiger partial charge on any atom is 0.141 e. The third-order valence-corrected chi connectivity index (χ3v) is 1.27. The van der Waals surface area contributed by atoms with Gasteiger partial charge in [0.15, 0.2) is 0 Å². The summed E-state index contributed by atoms with van der Waals surface area (Å²) in [5.74, 6) is 0. The van der Waals surface area contributed by atoms with Crippen LogP contribution in [-0.2, 0) is 0 Å². The fourth-order valence-corrected chi connectivity index (χ4v) is 0.380. The molecule has 64 valence electrons. The van der Waals surface area contributed by atoms with E-state index >= 15 is 0 Å². The summed E-state index contributed by atoms with van der Waals surface area (Å²) in [4.78, 5) is 4.01. The molecular formula is C9H13N3. The molecule has 0 amide bonds. The van der Waals surface area contributed by atoms with E-state index in [2.05, 4.69) is 11.1 Å². The Morgan fingerprint density at radius 3 is 1.92 bits per heavy atom. The van der Waals surface area contributed by atoms with Gasteiger partial charge in [-0.1, -0.05) is 0 Å². The molecule has 0 saturated heterocycles. The molecule has 0 atom stereocenters. The van der Waals surface area contributed by atoms with Crippen molar-refractivity contribution in [3.8, 4) is 12.1 Å². The summed E-state index contributed by atoms with van der Waals surface area (Å²) in [5.41, 5.74) is -1.32. The average molecular weight is 163 g/mol. The van der Waals surface area contributed by atoms with E-state index in [1.54, 1.807) is 27.7 Å². The average Bonchev–Trinajstić information content (AvgIpc) is 2.02. The highest BCUT2D eigenvalue weighted by Gasteiger charge is 2.17. The van der Waals surface area contributed by atoms with E-state index in [1.165, 1.54) is 6.21 Å². The van der Waals surface area contributed by atoms with Crippen LogP contribution in [-0.4, -0.2) is 11.8 Å². The van der Waals surface area contributed by atoms with Gasteiger partial charge in [-0.05, 0) is 27.7 Å². The highest BCUT2D eigenvalue weighted by atomic mass is 14.8. The Kier molecular flexibility index (Phi) is 2.99. The first kappa shape index (κ1) is 10.7. The largest absolute Gasteiger partial charge is 0.275 e. The fraction of sp³-hybridized carbons (Fsp3) is 0.667. The lowest BCUT2D eigenvalue weighted by atomic mass is 9.97. The van der Waals surface area contributed by atoms with Crippen molar-refractivity contribution < 1.29 is 0 Å². The van der Waals surface area contributed by atoms with E-state index in [1.807, 2.05) is 6.07 Å². The van der Waals surface area contributed by atoms with Gasteiger partial charge in [-0.15, -0.1) is 0 Å². The van der Waals surface area contributed by atoms with Gasteiger partial charge in [0.25, 0.3) is 0 Å². The minimum absolute atomic E-state index is 0.589. The molecule has 12 heavy (non-hydrogen) atoms. The number of hydrogen-bond donors (Lipinski definition) is 0. The van der Waals surface area contributed by atoms with Crippen molar-refractivity contribution in [2.75, 3.05) is 0 Å². The SMILES string of the molecule is CC(C)(C#N)C=NC(C)(C)C#N. The zero-order chi connectivity index (χ0) is 9.83. The third-order valence-electron chi connectivity index (χ3n) is 1.27. The Balaban J connectivity index is 4.50. The minimum Gasteiger partial charge on any atom is -0.275 e. The van der Waals surface area contributed by atoms with Crippen LogP contribution in [0, 0.1) is 28.1 Å². The van der Waals surface area contributed by atoms with Crippen LogP contribution in [0.4, 0.5) is 0 Å². The minimum atomic E-state index is -0.728. The molecule has 0 aromatic carbocycles. The lowest BCUT2D eigenvalue weighted by Gasteiger charge is -2.12. The van der Waals surface area contributed by atoms with Crippen LogP contribution in [0.5, 0.6) is 0 Å². The van der Waals surface area contributed by atoms with E-state index in [4.69, 9.17) is 10.5 Å². The van der Waals surface area contributed by atoms with Crippen LogP contribution in [0.1, 0.15) is 27.7 Å². The van der Waals surface area contributed by atoms with Gasteiger partial charge in [0.2, 0.25) is 0 Å². The molecule has 0 heterocycles. The van der Waals surface area contributed by atoms with Gasteiger partial charge in [0.05, 0.1) is 17.6 Å². The van der Waals surface area contributed by atoms with Crippen molar-refractivity contribution in [1.82, 2.24) is 0 Å². The van der Waals surface area contributed by atoms with Gasteiger partial charge in [0, 0.05) is 6.21 Å². The molecule has 0 aromatic heterocycles. The first-order valence-corrected chi connectivity index (χ1v) is 3.72. The summed E-state index contributed by atoms with van der Waals surface area (Å²) in [5, 5.41) is 17.3. The molecule has 0 unspecified atom stereocenters. The van der Waals surface area contributed by atoms with Crippen LogP contribution in [0.25, 0.3) is 0 Å². The van der Waals surface area contributed by atoms with E-state index in [-0.39, 0.29) is 0 Å². The molecule has 0 fully saturated rings. The molecule has 0 radical (unpaired) electrons. The van der Waals surface area contributed by atoms with E-state index in [9.17, 15) is 0 Å². The van der Waals surface area contributed by atoms with Crippen LogP contribution >= 0.6 is 0 Å². The lowest BCUT2D eigenvalue weighted by Crippen LogP contribution is -2.18. The number of hydrogen-bond acceptors (Lipinski definition) is 3. The molecule has 0 N–H and O–H groups in total. The zero-order valence-corrected chi connectivity index (χ0v) is 7.92. The molecule has 0 aromatic rings. The molecule has 0 aliphatic rings. The summed E-state index contributed by atoms with van der Waals surface area (Å²) in [6.45, 7) is 6.92. The second-order valence-corrected chi connectivity index (χ2v) is 3.76. The van der Waals surface area contributed by atoms with Gasteiger partial charge in [-0.25, -0.2) is 0 Å². The first-order valence-electron chi connectivity index (χ1n) is 3.72. The van der Waals surface area contributed by atoms with Crippen molar-refractivity contribution in [3.05, 3.63) is 0 Å². The molecule has 0 bridgehead atoms. The third kappa shape index (κ3) is 3.73. The molecular weight excluding hydrogens is 150 g/mol. The number of aliphatic imine (C=N–C) groups is 1. The number of nitriles is 2. The second kappa shape index (κ2) is 3.36. The van der Waals surface area contributed by atoms with E-state index in [0.29, 0.717) is 0 Å². The van der Waals surface area contributed by atoms with Gasteiger partial charge in [-0.2, -0.15) is 10.5 Å². The fourth-order valence-electron chi connectivity index (χ4n) is 0.380. The summed E-state index contributed by atoms with van der Waals surface area (Å²) in [6, 6.07) is 4.11. The topological polar surface area (TPSA) is 59.9 Å². The normalized spacial score (nSPS) is 12.5. The Hall–Kier alpha value is -1.35. The van der Waals surface area contributed by atoms with Crippen molar-refractivity contribution >= 4 is 6.21 Å². The molecule has 0 spiro atoms. The number of rotatable bonds is 2. The van der Waals surface area contributed by atoms with Crippen LogP contribution < -0.4 is 0 Å². The molecule has 3 nitrogen and oxygen atoms in total. The van der Waals surface area contributed by atoms with Gasteiger partial charge in [-0.3, -0.25) is 4.99 Å². The monoisotopic (exact) mass is 163 g/mol. The first-order chi connectivity index (χ1) is 5.33. The lowest BCUT2D eigenvalue weighted by molar-refractivity contribution is 0.644. The van der Waals surface area contributed by atoms with Crippen LogP contribution in [0.15, 0.2) is 4.99 Å². The predicted octanol–water partition coefficient (Wildman–Crippen LogP) is 1.91. The Bertz CT molecular complexity index is 232. The zero-order valence-electron chi connectivity index (χ0n) is 7.92. The predicted molar refractivity (Wildman–Crippen MR) is 47.6 cm³/mol. The van der Waals surface area contributed by atoms with Crippen LogP contribution in [0.3, 0.4) is 0 Å². The van der Waals surface area contributed by atoms with Crippen molar-refractivity contribution in [2.24, 2.45) is 10.4 Å². The summed E-state index contributed by atoms with van der Waals surface area (Å²) in [6.07, 6.45) is 1.52. The van der Waals surface area contributed by atoms with Gasteiger partial charge < -0.3 is 0 Å². The van der Waals surface area contributed by atoms with Gasteiger partial charge in [0.1, 0.15) is 5.54 Å². The van der Waals surface area contributed by atoms with Crippen molar-refractivity contribution in [2.45, 2.75) is 33.2 Å². The standard InChI is InChI=1S/C9H13N3/c1-8(2,5-10)7-12-9(3,4)6-11/h7H,1-4H3. The van der Waals surface area contributed by atoms with Crippen LogP contribution in [0.2, 0.25) is 0 Å². The van der Waals surface area contributed by atoms with Crippen molar-refractivity contribution in [1.29, 1.82) is 10.5 Å². The summed E-state index contributed by atoms with van der Waals surface area (Å²) >= 11 is 0. The Labute approximate surface area is 73.3 Å². The smallest absolute Gasteiger partial charge is 0.141 e. The highest BCUT2D eigenvalue weighted by Crippen LogP contribution is 2.13. The molecule has 3 heteroatoms. The quantitative estimate of drug-likeness (QED) is 0.584. The highest BCUT2D eigenvalue weighted by molar-refractivity contribution is 5.69. The van der Waals surface area contributed by atoms with Crippen molar-refractivity contribution in [3.63, 3.8) is 0 Å². The Morgan fingerprint density at radius 2 is 1.58 bits per heavy atom. The van der Waals surface area contributed by atoms with E-state index < -0.39 is 11.0 Å². The maximum atomic E-state index is 8.64. The summed E-state index contributed by atoms with van der Waals surface area (Å²) < 4.78 is 0. The second-order valence-electron chi connectivity index (χ2n) is 3.76. The molecule has 0 aliphatic heterocycles. The van der Waals surface area contributed by atoms with E-state index in [0.717, 1.165) is 0 Å².